The number of aliphatic carboxylic acids is 1. The minimum Gasteiger partial charge on any atom is -0.479 e. The molecule has 4 rings (SSSR count). The first-order valence-electron chi connectivity index (χ1n) is 11.2. The van der Waals surface area contributed by atoms with E-state index in [2.05, 4.69) is 34.9 Å². The van der Waals surface area contributed by atoms with E-state index < -0.39 is 18.2 Å². The smallest absolute Gasteiger partial charge is 0.407 e. The van der Waals surface area contributed by atoms with E-state index in [-0.39, 0.29) is 43.4 Å². The third-order valence-electron chi connectivity index (χ3n) is 6.46. The molecule has 0 aliphatic heterocycles. The Bertz CT molecular complexity index is 994. The van der Waals surface area contributed by atoms with Gasteiger partial charge in [0.25, 0.3) is 0 Å². The highest BCUT2D eigenvalue weighted by Gasteiger charge is 2.31. The lowest BCUT2D eigenvalue weighted by atomic mass is 9.98. The Hall–Kier alpha value is -3.39. The maximum Gasteiger partial charge on any atom is 0.407 e. The van der Waals surface area contributed by atoms with Crippen LogP contribution in [0, 0.1) is 5.92 Å². The minimum atomic E-state index is -1.61. The van der Waals surface area contributed by atoms with E-state index >= 15 is 0 Å². The van der Waals surface area contributed by atoms with Gasteiger partial charge in [-0.05, 0) is 47.4 Å². The second-order valence-electron chi connectivity index (χ2n) is 8.71. The van der Waals surface area contributed by atoms with Crippen LogP contribution >= 0.6 is 0 Å². The largest absolute Gasteiger partial charge is 0.479 e. The number of hydrogen-bond acceptors (Lipinski definition) is 5. The highest BCUT2D eigenvalue weighted by atomic mass is 16.5. The van der Waals surface area contributed by atoms with Gasteiger partial charge in [0, 0.05) is 18.4 Å². The van der Waals surface area contributed by atoms with Crippen LogP contribution in [0.3, 0.4) is 0 Å². The maximum absolute atomic E-state index is 12.5. The number of carbonyl (C=O) groups is 3. The molecule has 2 aromatic rings. The number of rotatable bonds is 8. The number of carbonyl (C=O) groups excluding carboxylic acids is 2. The van der Waals surface area contributed by atoms with Crippen LogP contribution in [0.4, 0.5) is 4.79 Å². The van der Waals surface area contributed by atoms with Gasteiger partial charge in [-0.1, -0.05) is 48.5 Å². The fourth-order valence-electron chi connectivity index (χ4n) is 4.83. The van der Waals surface area contributed by atoms with Gasteiger partial charge in [0.2, 0.25) is 5.91 Å². The van der Waals surface area contributed by atoms with Crippen molar-refractivity contribution in [2.75, 3.05) is 13.2 Å². The summed E-state index contributed by atoms with van der Waals surface area (Å²) in [4.78, 5) is 35.0. The molecule has 33 heavy (non-hydrogen) atoms. The van der Waals surface area contributed by atoms with Gasteiger partial charge >= 0.3 is 12.1 Å². The molecule has 0 bridgehead atoms. The standard InChI is InChI=1S/C25H28N2O6/c28-22(24(30)31)13-26-23(29)12-15-9-10-16(11-15)27-25(32)33-14-21-19-7-3-1-5-17(19)18-6-2-4-8-20(18)21/h1-8,15-16,21-22,28H,9-14H2,(H,26,29)(H,27,32)(H,30,31). The van der Waals surface area contributed by atoms with E-state index in [9.17, 15) is 19.5 Å². The van der Waals surface area contributed by atoms with Crippen LogP contribution in [-0.4, -0.2) is 53.5 Å². The Kier molecular flexibility index (Phi) is 6.93. The van der Waals surface area contributed by atoms with E-state index in [1.807, 2.05) is 24.3 Å². The van der Waals surface area contributed by atoms with Crippen molar-refractivity contribution < 1.29 is 29.3 Å². The van der Waals surface area contributed by atoms with Crippen LogP contribution < -0.4 is 10.6 Å². The SMILES string of the molecule is O=C(CC1CCC(NC(=O)OCC2c3ccccc3-c3ccccc32)C1)NCC(O)C(=O)O. The Morgan fingerprint density at radius 3 is 2.27 bits per heavy atom. The van der Waals surface area contributed by atoms with Crippen molar-refractivity contribution in [2.24, 2.45) is 5.92 Å². The molecule has 3 atom stereocenters. The third kappa shape index (κ3) is 5.34. The summed E-state index contributed by atoms with van der Waals surface area (Å²) < 4.78 is 5.59. The lowest BCUT2D eigenvalue weighted by Gasteiger charge is -2.17. The van der Waals surface area contributed by atoms with Gasteiger partial charge < -0.3 is 25.6 Å². The summed E-state index contributed by atoms with van der Waals surface area (Å²) in [6.45, 7) is -0.0629. The molecule has 0 radical (unpaired) electrons. The molecule has 2 aliphatic rings. The lowest BCUT2D eigenvalue weighted by molar-refractivity contribution is -0.146. The van der Waals surface area contributed by atoms with E-state index in [1.165, 1.54) is 11.1 Å². The summed E-state index contributed by atoms with van der Waals surface area (Å²) in [5.74, 6) is -1.58. The first-order chi connectivity index (χ1) is 15.9. The van der Waals surface area contributed by atoms with Gasteiger partial charge in [-0.25, -0.2) is 9.59 Å². The van der Waals surface area contributed by atoms with Crippen molar-refractivity contribution in [3.05, 3.63) is 59.7 Å². The van der Waals surface area contributed by atoms with Crippen molar-refractivity contribution >= 4 is 18.0 Å². The van der Waals surface area contributed by atoms with Gasteiger partial charge in [-0.3, -0.25) is 4.79 Å². The zero-order valence-electron chi connectivity index (χ0n) is 18.2. The van der Waals surface area contributed by atoms with Crippen molar-refractivity contribution in [3.8, 4) is 11.1 Å². The summed E-state index contributed by atoms with van der Waals surface area (Å²) in [5.41, 5.74) is 4.67. The molecule has 8 heteroatoms. The number of ether oxygens (including phenoxy) is 1. The number of amides is 2. The highest BCUT2D eigenvalue weighted by Crippen LogP contribution is 2.44. The van der Waals surface area contributed by atoms with Gasteiger partial charge in [0.1, 0.15) is 6.61 Å². The van der Waals surface area contributed by atoms with Crippen LogP contribution in [-0.2, 0) is 14.3 Å². The Balaban J connectivity index is 1.24. The topological polar surface area (TPSA) is 125 Å². The average molecular weight is 453 g/mol. The Morgan fingerprint density at radius 1 is 1.00 bits per heavy atom. The number of aliphatic hydroxyl groups is 1. The predicted octanol–water partition coefficient (Wildman–Crippen LogP) is 2.65. The van der Waals surface area contributed by atoms with Gasteiger partial charge in [-0.15, -0.1) is 0 Å². The lowest BCUT2D eigenvalue weighted by Crippen LogP contribution is -2.37. The Morgan fingerprint density at radius 2 is 1.64 bits per heavy atom. The number of fused-ring (bicyclic) bond motifs is 3. The third-order valence-corrected chi connectivity index (χ3v) is 6.46. The second-order valence-corrected chi connectivity index (χ2v) is 8.71. The first kappa shape index (κ1) is 22.8. The monoisotopic (exact) mass is 452 g/mol. The molecular weight excluding hydrogens is 424 g/mol. The normalized spacial score (nSPS) is 19.9. The molecule has 1 fully saturated rings. The van der Waals surface area contributed by atoms with Crippen molar-refractivity contribution in [1.82, 2.24) is 10.6 Å². The van der Waals surface area contributed by atoms with E-state index in [4.69, 9.17) is 9.84 Å². The molecule has 2 aliphatic carbocycles. The average Bonchev–Trinajstić information content (AvgIpc) is 3.37. The second kappa shape index (κ2) is 10.0. The van der Waals surface area contributed by atoms with Crippen LogP contribution in [0.25, 0.3) is 11.1 Å². The molecule has 4 N–H and O–H groups in total. The van der Waals surface area contributed by atoms with E-state index in [0.717, 1.165) is 24.0 Å². The molecule has 2 amide bonds. The first-order valence-corrected chi connectivity index (χ1v) is 11.2. The molecule has 0 aromatic heterocycles. The molecule has 0 saturated heterocycles. The summed E-state index contributed by atoms with van der Waals surface area (Å²) in [7, 11) is 0. The number of hydrogen-bond donors (Lipinski definition) is 4. The summed E-state index contributed by atoms with van der Waals surface area (Å²) in [6.07, 6.45) is 0.342. The molecule has 1 saturated carbocycles. The molecule has 0 heterocycles. The quantitative estimate of drug-likeness (QED) is 0.488. The molecule has 174 valence electrons. The number of benzene rings is 2. The number of aliphatic hydroxyl groups excluding tert-OH is 1. The van der Waals surface area contributed by atoms with E-state index in [1.54, 1.807) is 0 Å². The van der Waals surface area contributed by atoms with Crippen molar-refractivity contribution in [1.29, 1.82) is 0 Å². The summed E-state index contributed by atoms with van der Waals surface area (Å²) >= 11 is 0. The molecule has 2 aromatic carbocycles. The van der Waals surface area contributed by atoms with Crippen LogP contribution in [0.15, 0.2) is 48.5 Å². The van der Waals surface area contributed by atoms with Crippen molar-refractivity contribution in [2.45, 2.75) is 43.7 Å². The summed E-state index contributed by atoms with van der Waals surface area (Å²) in [6, 6.07) is 16.3. The van der Waals surface area contributed by atoms with Crippen LogP contribution in [0.5, 0.6) is 0 Å². The fourth-order valence-corrected chi connectivity index (χ4v) is 4.83. The zero-order chi connectivity index (χ0) is 23.4. The minimum absolute atomic E-state index is 0.00401. The zero-order valence-corrected chi connectivity index (χ0v) is 18.2. The Labute approximate surface area is 192 Å². The fraction of sp³-hybridized carbons (Fsp3) is 0.400. The number of nitrogens with one attached hydrogen (secondary N) is 2. The molecule has 8 nitrogen and oxygen atoms in total. The maximum atomic E-state index is 12.5. The van der Waals surface area contributed by atoms with Crippen LogP contribution in [0.2, 0.25) is 0 Å². The van der Waals surface area contributed by atoms with Crippen LogP contribution in [0.1, 0.15) is 42.7 Å². The van der Waals surface area contributed by atoms with E-state index in [0.29, 0.717) is 6.42 Å². The number of carboxylic acid groups (broad SMARTS) is 1. The molecule has 3 unspecified atom stereocenters. The number of alkyl carbamates (subject to hydrolysis) is 1. The molecular formula is C25H28N2O6. The van der Waals surface area contributed by atoms with Gasteiger partial charge in [0.15, 0.2) is 6.10 Å². The highest BCUT2D eigenvalue weighted by molar-refractivity contribution is 5.79. The van der Waals surface area contributed by atoms with Gasteiger partial charge in [-0.2, -0.15) is 0 Å². The summed E-state index contributed by atoms with van der Waals surface area (Å²) in [5, 5.41) is 23.2. The predicted molar refractivity (Wildman–Crippen MR) is 121 cm³/mol. The molecule has 0 spiro atoms. The van der Waals surface area contributed by atoms with Gasteiger partial charge in [0.05, 0.1) is 6.54 Å². The number of carboxylic acids is 1. The van der Waals surface area contributed by atoms with Crippen molar-refractivity contribution in [3.63, 3.8) is 0 Å².